The molecule has 0 heterocycles. The van der Waals surface area contributed by atoms with Gasteiger partial charge in [0.25, 0.3) is 0 Å². The lowest BCUT2D eigenvalue weighted by atomic mass is 9.32. The highest BCUT2D eigenvalue weighted by Gasteiger charge is 2.72. The Hall–Kier alpha value is 0.110. The lowest BCUT2D eigenvalue weighted by molar-refractivity contribution is -0.225. The van der Waals surface area contributed by atoms with Crippen molar-refractivity contribution in [3.8, 4) is 0 Å². The molecular formula is C23H40O2S. The topological polar surface area (TPSA) is 37.3 Å². The summed E-state index contributed by atoms with van der Waals surface area (Å²) < 4.78 is 23.5. The van der Waals surface area contributed by atoms with Crippen LogP contribution in [0.1, 0.15) is 104 Å². The van der Waals surface area contributed by atoms with Gasteiger partial charge in [-0.1, -0.05) is 59.3 Å². The molecule has 2 bridgehead atoms. The third kappa shape index (κ3) is 2.78. The summed E-state index contributed by atoms with van der Waals surface area (Å²) >= 11 is -1.68. The van der Waals surface area contributed by atoms with Crippen molar-refractivity contribution in [2.45, 2.75) is 109 Å². The second kappa shape index (κ2) is 6.87. The van der Waals surface area contributed by atoms with Crippen molar-refractivity contribution in [2.75, 3.05) is 0 Å². The van der Waals surface area contributed by atoms with E-state index in [2.05, 4.69) is 20.8 Å². The highest BCUT2D eigenvalue weighted by Crippen LogP contribution is 2.77. The molecule has 1 spiro atoms. The van der Waals surface area contributed by atoms with E-state index in [1.165, 1.54) is 83.5 Å². The molecule has 4 rings (SSSR count). The summed E-state index contributed by atoms with van der Waals surface area (Å²) in [5, 5.41) is 0.0351. The van der Waals surface area contributed by atoms with Crippen LogP contribution in [0, 0.1) is 34.0 Å². The Labute approximate surface area is 163 Å². The summed E-state index contributed by atoms with van der Waals surface area (Å²) in [6.07, 6.45) is 16.8. The molecule has 150 valence electrons. The fourth-order valence-electron chi connectivity index (χ4n) is 8.49. The van der Waals surface area contributed by atoms with E-state index in [1.54, 1.807) is 0 Å². The normalized spacial score (nSPS) is 49.7. The lowest BCUT2D eigenvalue weighted by Gasteiger charge is -2.73. The van der Waals surface area contributed by atoms with Crippen LogP contribution in [-0.2, 0) is 11.1 Å². The maximum absolute atomic E-state index is 12.9. The molecule has 0 saturated heterocycles. The summed E-state index contributed by atoms with van der Waals surface area (Å²) in [4.78, 5) is 0. The van der Waals surface area contributed by atoms with Crippen molar-refractivity contribution in [2.24, 2.45) is 34.0 Å². The molecule has 4 aliphatic carbocycles. The SMILES string of the molecule is CC1CCCCC2CCC3CC14CCCCCC(C)(C)CC34C2S(=O)O. The zero-order valence-electron chi connectivity index (χ0n) is 17.3. The summed E-state index contributed by atoms with van der Waals surface area (Å²) in [6, 6.07) is 0. The van der Waals surface area contributed by atoms with Crippen LogP contribution < -0.4 is 0 Å². The average molecular weight is 381 g/mol. The summed E-state index contributed by atoms with van der Waals surface area (Å²) in [6.45, 7) is 7.42. The zero-order chi connectivity index (χ0) is 18.6. The molecule has 0 aromatic carbocycles. The standard InChI is InChI=1S/C23H40O2S/c1-17-9-5-6-10-18-11-12-19-15-22(17)14-8-4-7-13-21(2,3)16-23(19,22)20(18)26(24)25/h17-20H,4-16H2,1-3H3,(H,24,25). The van der Waals surface area contributed by atoms with Crippen molar-refractivity contribution < 1.29 is 8.76 Å². The Morgan fingerprint density at radius 1 is 0.923 bits per heavy atom. The molecule has 0 radical (unpaired) electrons. The number of hydrogen-bond donors (Lipinski definition) is 1. The molecule has 7 unspecified atom stereocenters. The Balaban J connectivity index is 1.88. The van der Waals surface area contributed by atoms with Crippen LogP contribution in [0.2, 0.25) is 0 Å². The van der Waals surface area contributed by atoms with Gasteiger partial charge < -0.3 is 4.55 Å². The Morgan fingerprint density at radius 3 is 2.42 bits per heavy atom. The van der Waals surface area contributed by atoms with E-state index in [4.69, 9.17) is 0 Å². The average Bonchev–Trinajstić information content (AvgIpc) is 2.58. The Morgan fingerprint density at radius 2 is 1.65 bits per heavy atom. The third-order valence-corrected chi connectivity index (χ3v) is 10.7. The molecule has 0 aromatic rings. The predicted octanol–water partition coefficient (Wildman–Crippen LogP) is 6.57. The molecule has 3 heteroatoms. The van der Waals surface area contributed by atoms with Crippen LogP contribution in [-0.4, -0.2) is 14.0 Å². The van der Waals surface area contributed by atoms with Crippen LogP contribution >= 0.6 is 0 Å². The van der Waals surface area contributed by atoms with Gasteiger partial charge in [0, 0.05) is 0 Å². The first-order chi connectivity index (χ1) is 12.3. The highest BCUT2D eigenvalue weighted by atomic mass is 32.2. The minimum atomic E-state index is -1.68. The first-order valence-corrected chi connectivity index (χ1v) is 12.6. The van der Waals surface area contributed by atoms with Crippen molar-refractivity contribution in [3.63, 3.8) is 0 Å². The first kappa shape index (κ1) is 19.4. The molecule has 0 aromatic heterocycles. The minimum absolute atomic E-state index is 0.0351. The van der Waals surface area contributed by atoms with Gasteiger partial charge in [0.1, 0.15) is 0 Å². The second-order valence-corrected chi connectivity index (χ2v) is 12.3. The maximum atomic E-state index is 12.9. The van der Waals surface area contributed by atoms with Gasteiger partial charge in [0.05, 0.1) is 5.25 Å². The predicted molar refractivity (Wildman–Crippen MR) is 109 cm³/mol. The molecule has 0 aliphatic heterocycles. The highest BCUT2D eigenvalue weighted by molar-refractivity contribution is 7.80. The van der Waals surface area contributed by atoms with Gasteiger partial charge in [0.2, 0.25) is 0 Å². The fourth-order valence-corrected chi connectivity index (χ4v) is 9.96. The van der Waals surface area contributed by atoms with Crippen LogP contribution in [0.15, 0.2) is 0 Å². The molecule has 0 amide bonds. The van der Waals surface area contributed by atoms with Crippen LogP contribution in [0.5, 0.6) is 0 Å². The van der Waals surface area contributed by atoms with Gasteiger partial charge in [-0.05, 0) is 78.9 Å². The maximum Gasteiger partial charge on any atom is 0.156 e. The van der Waals surface area contributed by atoms with Crippen molar-refractivity contribution in [3.05, 3.63) is 0 Å². The Bertz CT molecular complexity index is 558. The molecular weight excluding hydrogens is 340 g/mol. The van der Waals surface area contributed by atoms with E-state index in [-0.39, 0.29) is 10.7 Å². The molecule has 4 fully saturated rings. The van der Waals surface area contributed by atoms with Gasteiger partial charge in [-0.3, -0.25) is 0 Å². The number of fused-ring (bicyclic) bond motifs is 1. The van der Waals surface area contributed by atoms with Crippen molar-refractivity contribution in [1.29, 1.82) is 0 Å². The van der Waals surface area contributed by atoms with Gasteiger partial charge in [0.15, 0.2) is 11.1 Å². The van der Waals surface area contributed by atoms with E-state index < -0.39 is 11.1 Å². The lowest BCUT2D eigenvalue weighted by Crippen LogP contribution is -2.70. The zero-order valence-corrected chi connectivity index (χ0v) is 18.1. The summed E-state index contributed by atoms with van der Waals surface area (Å²) in [5.41, 5.74) is 0.778. The molecule has 26 heavy (non-hydrogen) atoms. The van der Waals surface area contributed by atoms with Gasteiger partial charge in [-0.25, -0.2) is 4.21 Å². The molecule has 4 saturated carbocycles. The Kier molecular flexibility index (Phi) is 5.13. The fraction of sp³-hybridized carbons (Fsp3) is 1.00. The van der Waals surface area contributed by atoms with E-state index in [0.29, 0.717) is 22.7 Å². The van der Waals surface area contributed by atoms with Crippen LogP contribution in [0.3, 0.4) is 0 Å². The molecule has 2 nitrogen and oxygen atoms in total. The molecule has 7 atom stereocenters. The van der Waals surface area contributed by atoms with Crippen LogP contribution in [0.25, 0.3) is 0 Å². The van der Waals surface area contributed by atoms with E-state index in [9.17, 15) is 8.76 Å². The second-order valence-electron chi connectivity index (χ2n) is 11.2. The largest absolute Gasteiger partial charge is 0.306 e. The summed E-state index contributed by atoms with van der Waals surface area (Å²) in [7, 11) is 0. The third-order valence-electron chi connectivity index (χ3n) is 9.46. The quantitative estimate of drug-likeness (QED) is 0.522. The smallest absolute Gasteiger partial charge is 0.156 e. The van der Waals surface area contributed by atoms with Crippen molar-refractivity contribution in [1.82, 2.24) is 0 Å². The first-order valence-electron chi connectivity index (χ1n) is 11.4. The van der Waals surface area contributed by atoms with Gasteiger partial charge >= 0.3 is 0 Å². The monoisotopic (exact) mass is 380 g/mol. The van der Waals surface area contributed by atoms with Crippen LogP contribution in [0.4, 0.5) is 0 Å². The van der Waals surface area contributed by atoms with Gasteiger partial charge in [-0.2, -0.15) is 0 Å². The minimum Gasteiger partial charge on any atom is -0.306 e. The van der Waals surface area contributed by atoms with E-state index >= 15 is 0 Å². The molecule has 4 aliphatic rings. The van der Waals surface area contributed by atoms with E-state index in [1.807, 2.05) is 0 Å². The van der Waals surface area contributed by atoms with Gasteiger partial charge in [-0.15, -0.1) is 0 Å². The molecule has 1 N–H and O–H groups in total. The number of hydrogen-bond acceptors (Lipinski definition) is 1. The number of rotatable bonds is 1. The van der Waals surface area contributed by atoms with Crippen molar-refractivity contribution >= 4 is 11.1 Å². The summed E-state index contributed by atoms with van der Waals surface area (Å²) in [5.74, 6) is 1.91. The van der Waals surface area contributed by atoms with E-state index in [0.717, 1.165) is 5.92 Å².